The van der Waals surface area contributed by atoms with Crippen molar-refractivity contribution in [2.75, 3.05) is 20.3 Å². The second kappa shape index (κ2) is 7.36. The van der Waals surface area contributed by atoms with Crippen LogP contribution < -0.4 is 4.74 Å². The van der Waals surface area contributed by atoms with Gasteiger partial charge in [-0.15, -0.1) is 0 Å². The fourth-order valence-electron chi connectivity index (χ4n) is 4.53. The van der Waals surface area contributed by atoms with E-state index in [1.165, 1.54) is 19.2 Å². The van der Waals surface area contributed by atoms with Crippen molar-refractivity contribution < 1.29 is 33.6 Å². The summed E-state index contributed by atoms with van der Waals surface area (Å²) >= 11 is 0. The molecule has 156 valence electrons. The first kappa shape index (κ1) is 19.7. The van der Waals surface area contributed by atoms with Gasteiger partial charge in [0.2, 0.25) is 17.6 Å². The van der Waals surface area contributed by atoms with E-state index in [0.29, 0.717) is 0 Å². The van der Waals surface area contributed by atoms with Gasteiger partial charge in [-0.3, -0.25) is 34.2 Å². The third-order valence-corrected chi connectivity index (χ3v) is 5.91. The highest BCUT2D eigenvalue weighted by atomic mass is 16.6. The number of benzene rings is 1. The molecule has 10 heteroatoms. The average Bonchev–Trinajstić information content (AvgIpc) is 3.41. The van der Waals surface area contributed by atoms with Crippen LogP contribution in [0.25, 0.3) is 0 Å². The first-order chi connectivity index (χ1) is 14.3. The number of carbonyl (C=O) groups excluding carboxylic acids is 4. The highest BCUT2D eigenvalue weighted by molar-refractivity contribution is 6.08. The Kier molecular flexibility index (Phi) is 4.84. The summed E-state index contributed by atoms with van der Waals surface area (Å²) in [5.41, 5.74) is -0.418. The fraction of sp³-hybridized carbons (Fsp3) is 0.400. The highest BCUT2D eigenvalue weighted by Crippen LogP contribution is 2.52. The zero-order valence-corrected chi connectivity index (χ0v) is 16.0. The molecule has 2 aliphatic carbocycles. The Bertz CT molecular complexity index is 971. The van der Waals surface area contributed by atoms with Gasteiger partial charge in [-0.05, 0) is 30.4 Å². The number of methoxy groups -OCH3 is 1. The van der Waals surface area contributed by atoms with E-state index in [-0.39, 0.29) is 35.0 Å². The van der Waals surface area contributed by atoms with Crippen molar-refractivity contribution in [2.45, 2.75) is 6.42 Å². The zero-order valence-electron chi connectivity index (χ0n) is 16.0. The van der Waals surface area contributed by atoms with E-state index in [9.17, 15) is 29.3 Å². The van der Waals surface area contributed by atoms with Gasteiger partial charge < -0.3 is 9.47 Å². The number of nitro benzene ring substituents is 1. The Morgan fingerprint density at radius 2 is 1.80 bits per heavy atom. The van der Waals surface area contributed by atoms with Crippen LogP contribution in [-0.2, 0) is 19.1 Å². The molecule has 4 unspecified atom stereocenters. The van der Waals surface area contributed by atoms with E-state index in [1.807, 2.05) is 12.2 Å². The molecule has 2 bridgehead atoms. The molecule has 1 saturated heterocycles. The number of imide groups is 1. The summed E-state index contributed by atoms with van der Waals surface area (Å²) in [6.07, 6.45) is 4.69. The monoisotopic (exact) mass is 414 g/mol. The zero-order chi connectivity index (χ0) is 21.6. The van der Waals surface area contributed by atoms with Crippen LogP contribution in [0.1, 0.15) is 16.8 Å². The molecule has 10 nitrogen and oxygen atoms in total. The Morgan fingerprint density at radius 3 is 2.37 bits per heavy atom. The lowest BCUT2D eigenvalue weighted by Gasteiger charge is -2.16. The predicted octanol–water partition coefficient (Wildman–Crippen LogP) is 1.14. The van der Waals surface area contributed by atoms with Gasteiger partial charge in [0.25, 0.3) is 0 Å². The maximum absolute atomic E-state index is 12.6. The molecule has 1 saturated carbocycles. The van der Waals surface area contributed by atoms with Gasteiger partial charge in [0, 0.05) is 11.6 Å². The number of allylic oxidation sites excluding steroid dienone is 2. The van der Waals surface area contributed by atoms with Crippen molar-refractivity contribution in [1.29, 1.82) is 0 Å². The number of nitro groups is 1. The molecule has 0 aromatic heterocycles. The summed E-state index contributed by atoms with van der Waals surface area (Å²) in [5, 5.41) is 11.1. The van der Waals surface area contributed by atoms with E-state index in [1.54, 1.807) is 0 Å². The van der Waals surface area contributed by atoms with Gasteiger partial charge in [0.05, 0.1) is 23.9 Å². The Morgan fingerprint density at radius 1 is 1.17 bits per heavy atom. The molecule has 0 spiro atoms. The average molecular weight is 414 g/mol. The lowest BCUT2D eigenvalue weighted by Crippen LogP contribution is -2.38. The molecule has 30 heavy (non-hydrogen) atoms. The number of hydrogen-bond donors (Lipinski definition) is 0. The lowest BCUT2D eigenvalue weighted by molar-refractivity contribution is -0.385. The molecule has 1 aromatic carbocycles. The topological polar surface area (TPSA) is 133 Å². The second-order valence-corrected chi connectivity index (χ2v) is 7.49. The Labute approximate surface area is 170 Å². The minimum Gasteiger partial charge on any atom is -0.490 e. The first-order valence-electron chi connectivity index (χ1n) is 9.36. The van der Waals surface area contributed by atoms with Crippen molar-refractivity contribution >= 4 is 29.3 Å². The SMILES string of the molecule is COc1ccc(C(=O)COC(=O)CN2C(=O)C3C4C=CC(C4)C3C2=O)cc1[N+](=O)[O-]. The smallest absolute Gasteiger partial charge is 0.326 e. The summed E-state index contributed by atoms with van der Waals surface area (Å²) < 4.78 is 9.79. The summed E-state index contributed by atoms with van der Waals surface area (Å²) in [7, 11) is 1.27. The second-order valence-electron chi connectivity index (χ2n) is 7.49. The minimum absolute atomic E-state index is 0.00592. The number of ether oxygens (including phenoxy) is 2. The number of fused-ring (bicyclic) bond motifs is 5. The summed E-state index contributed by atoms with van der Waals surface area (Å²) in [6, 6.07) is 3.63. The van der Waals surface area contributed by atoms with Gasteiger partial charge in [-0.2, -0.15) is 0 Å². The molecule has 4 rings (SSSR count). The normalized spacial score (nSPS) is 26.1. The van der Waals surface area contributed by atoms with Crippen molar-refractivity contribution in [1.82, 2.24) is 4.90 Å². The number of likely N-dealkylation sites (tertiary alicyclic amines) is 1. The summed E-state index contributed by atoms with van der Waals surface area (Å²) in [4.78, 5) is 60.8. The summed E-state index contributed by atoms with van der Waals surface area (Å²) in [5.74, 6) is -3.08. The van der Waals surface area contributed by atoms with E-state index >= 15 is 0 Å². The van der Waals surface area contributed by atoms with Crippen LogP contribution in [0.5, 0.6) is 5.75 Å². The number of hydrogen-bond acceptors (Lipinski definition) is 8. The van der Waals surface area contributed by atoms with E-state index < -0.39 is 47.4 Å². The van der Waals surface area contributed by atoms with Crippen molar-refractivity contribution in [3.63, 3.8) is 0 Å². The Balaban J connectivity index is 1.36. The van der Waals surface area contributed by atoms with Crippen molar-refractivity contribution in [3.05, 3.63) is 46.0 Å². The number of Topliss-reactive ketones (excluding diaryl/α,β-unsaturated/α-hetero) is 1. The van der Waals surface area contributed by atoms with Gasteiger partial charge in [0.15, 0.2) is 12.4 Å². The third-order valence-electron chi connectivity index (χ3n) is 5.91. The standard InChI is InChI=1S/C20H18N2O8/c1-29-15-5-4-10(7-13(15)22(27)28)14(23)9-30-16(24)8-21-19(25)17-11-2-3-12(6-11)18(17)20(21)26/h2-5,7,11-12,17-18H,6,8-9H2,1H3. The van der Waals surface area contributed by atoms with Crippen molar-refractivity contribution in [3.8, 4) is 5.75 Å². The third kappa shape index (κ3) is 3.14. The number of ketones is 1. The van der Waals surface area contributed by atoms with Crippen LogP contribution in [0.15, 0.2) is 30.4 Å². The first-order valence-corrected chi connectivity index (χ1v) is 9.36. The number of nitrogens with zero attached hydrogens (tertiary/aromatic N) is 2. The van der Waals surface area contributed by atoms with Crippen LogP contribution >= 0.6 is 0 Å². The van der Waals surface area contributed by atoms with Crippen LogP contribution in [0.3, 0.4) is 0 Å². The Hall–Kier alpha value is -3.56. The van der Waals surface area contributed by atoms with Crippen LogP contribution in [0.2, 0.25) is 0 Å². The molecule has 1 heterocycles. The number of carbonyl (C=O) groups is 4. The van der Waals surface area contributed by atoms with Gasteiger partial charge in [0.1, 0.15) is 6.54 Å². The minimum atomic E-state index is -0.895. The largest absolute Gasteiger partial charge is 0.490 e. The number of amides is 2. The number of rotatable bonds is 7. The quantitative estimate of drug-likeness (QED) is 0.162. The number of esters is 1. The maximum Gasteiger partial charge on any atom is 0.326 e. The fourth-order valence-corrected chi connectivity index (χ4v) is 4.53. The lowest BCUT2D eigenvalue weighted by atomic mass is 9.85. The van der Waals surface area contributed by atoms with Crippen molar-refractivity contribution in [2.24, 2.45) is 23.7 Å². The van der Waals surface area contributed by atoms with E-state index in [0.717, 1.165) is 17.4 Å². The molecule has 2 fully saturated rings. The van der Waals surface area contributed by atoms with Gasteiger partial charge in [-0.1, -0.05) is 12.2 Å². The molecular weight excluding hydrogens is 396 g/mol. The van der Waals surface area contributed by atoms with E-state index in [4.69, 9.17) is 9.47 Å². The molecule has 2 amide bonds. The molecule has 4 atom stereocenters. The molecule has 1 aliphatic heterocycles. The highest BCUT2D eigenvalue weighted by Gasteiger charge is 2.59. The van der Waals surface area contributed by atoms with Crippen LogP contribution in [0, 0.1) is 33.8 Å². The van der Waals surface area contributed by atoms with Gasteiger partial charge >= 0.3 is 11.7 Å². The molecule has 1 aromatic rings. The maximum atomic E-state index is 12.6. The molecule has 3 aliphatic rings. The van der Waals surface area contributed by atoms with Crippen LogP contribution in [0.4, 0.5) is 5.69 Å². The van der Waals surface area contributed by atoms with Gasteiger partial charge in [-0.25, -0.2) is 0 Å². The van der Waals surface area contributed by atoms with Crippen LogP contribution in [-0.4, -0.2) is 53.7 Å². The molecule has 0 N–H and O–H groups in total. The molecular formula is C20H18N2O8. The molecule has 0 radical (unpaired) electrons. The van der Waals surface area contributed by atoms with E-state index in [2.05, 4.69) is 0 Å². The summed E-state index contributed by atoms with van der Waals surface area (Å²) in [6.45, 7) is -1.22. The predicted molar refractivity (Wildman–Crippen MR) is 99.4 cm³/mol.